The Morgan fingerprint density at radius 1 is 1.12 bits per heavy atom. The summed E-state index contributed by atoms with van der Waals surface area (Å²) in [6.07, 6.45) is 1.86. The van der Waals surface area contributed by atoms with Crippen molar-refractivity contribution in [2.75, 3.05) is 13.7 Å². The number of aryl methyl sites for hydroxylation is 1. The Balaban J connectivity index is 1.33. The van der Waals surface area contributed by atoms with Gasteiger partial charge >= 0.3 is 5.97 Å². The number of methoxy groups -OCH3 is 1. The molecule has 0 N–H and O–H groups in total. The van der Waals surface area contributed by atoms with E-state index in [4.69, 9.17) is 14.2 Å². The molecule has 0 saturated heterocycles. The van der Waals surface area contributed by atoms with Crippen LogP contribution < -0.4 is 9.47 Å². The highest BCUT2D eigenvalue weighted by molar-refractivity contribution is 5.71. The Hall–Kier alpha value is -3.78. The lowest BCUT2D eigenvalue weighted by molar-refractivity contribution is -0.141. The molecule has 3 aromatic carbocycles. The topological polar surface area (TPSA) is 68.6 Å². The normalized spacial score (nSPS) is 21.0. The van der Waals surface area contributed by atoms with Gasteiger partial charge in [-0.3, -0.25) is 4.79 Å². The van der Waals surface area contributed by atoms with E-state index in [9.17, 15) is 10.1 Å². The predicted octanol–water partition coefficient (Wildman–Crippen LogP) is 5.47. The summed E-state index contributed by atoms with van der Waals surface area (Å²) in [6, 6.07) is 18.8. The van der Waals surface area contributed by atoms with Gasteiger partial charge in [0.05, 0.1) is 31.8 Å². The van der Waals surface area contributed by atoms with Crippen LogP contribution in [-0.2, 0) is 16.0 Å². The maximum atomic E-state index is 11.7. The third-order valence-electron chi connectivity index (χ3n) is 7.62. The molecule has 0 saturated carbocycles. The molecule has 0 amide bonds. The third kappa shape index (κ3) is 3.17. The molecule has 3 aromatic rings. The van der Waals surface area contributed by atoms with Crippen molar-refractivity contribution < 1.29 is 19.0 Å². The van der Waals surface area contributed by atoms with E-state index < -0.39 is 0 Å². The number of esters is 1. The summed E-state index contributed by atoms with van der Waals surface area (Å²) in [6.45, 7) is 2.62. The molecule has 2 aliphatic carbocycles. The van der Waals surface area contributed by atoms with Crippen LogP contribution in [0.4, 0.5) is 0 Å². The quantitative estimate of drug-likeness (QED) is 0.492. The van der Waals surface area contributed by atoms with Gasteiger partial charge in [-0.1, -0.05) is 30.3 Å². The Morgan fingerprint density at radius 3 is 2.79 bits per heavy atom. The average Bonchev–Trinajstić information content (AvgIpc) is 3.42. The Kier molecular flexibility index (Phi) is 4.84. The van der Waals surface area contributed by atoms with Crippen molar-refractivity contribution >= 4 is 5.97 Å². The molecule has 0 spiro atoms. The Morgan fingerprint density at radius 2 is 1.97 bits per heavy atom. The molecule has 5 nitrogen and oxygen atoms in total. The number of carbonyl (C=O) groups excluding carboxylic acids is 1. The van der Waals surface area contributed by atoms with E-state index in [0.717, 1.165) is 41.0 Å². The zero-order valence-electron chi connectivity index (χ0n) is 19.3. The second kappa shape index (κ2) is 7.92. The highest BCUT2D eigenvalue weighted by Crippen LogP contribution is 2.52. The highest BCUT2D eigenvalue weighted by atomic mass is 16.5. The second-order valence-corrected chi connectivity index (χ2v) is 9.41. The smallest absolute Gasteiger partial charge is 0.306 e. The third-order valence-corrected chi connectivity index (χ3v) is 7.62. The average molecular weight is 452 g/mol. The molecule has 1 aliphatic heterocycles. The maximum Gasteiger partial charge on any atom is 0.306 e. The summed E-state index contributed by atoms with van der Waals surface area (Å²) in [4.78, 5) is 11.7. The van der Waals surface area contributed by atoms with E-state index in [-0.39, 0.29) is 23.9 Å². The van der Waals surface area contributed by atoms with Crippen molar-refractivity contribution in [3.8, 4) is 17.6 Å². The number of fused-ring (bicyclic) bond motifs is 3. The van der Waals surface area contributed by atoms with Gasteiger partial charge in [0.15, 0.2) is 0 Å². The van der Waals surface area contributed by atoms with Gasteiger partial charge < -0.3 is 14.2 Å². The molecule has 0 bridgehead atoms. The SMILES string of the molecule is COC(=O)C[C@@H]1COc2cc(O[C@@H]3CC4c5cccc(C)c5Cc5c(C#N)ccc3c54)ccc21. The molecular formula is C29H25NO4. The number of nitriles is 1. The monoisotopic (exact) mass is 451 g/mol. The lowest BCUT2D eigenvalue weighted by atomic mass is 9.76. The fourth-order valence-electron chi connectivity index (χ4n) is 5.94. The molecule has 5 heteroatoms. The molecular weight excluding hydrogens is 426 g/mol. The van der Waals surface area contributed by atoms with Crippen LogP contribution in [0.5, 0.6) is 11.5 Å². The van der Waals surface area contributed by atoms with Gasteiger partial charge in [0.25, 0.3) is 0 Å². The first-order valence-electron chi connectivity index (χ1n) is 11.7. The predicted molar refractivity (Wildman–Crippen MR) is 126 cm³/mol. The van der Waals surface area contributed by atoms with Crippen LogP contribution in [0, 0.1) is 18.3 Å². The van der Waals surface area contributed by atoms with Crippen molar-refractivity contribution in [2.24, 2.45) is 0 Å². The zero-order valence-corrected chi connectivity index (χ0v) is 19.3. The second-order valence-electron chi connectivity index (χ2n) is 9.41. The minimum atomic E-state index is -0.232. The van der Waals surface area contributed by atoms with Crippen molar-refractivity contribution in [2.45, 2.75) is 44.1 Å². The number of rotatable bonds is 4. The first kappa shape index (κ1) is 20.8. The van der Waals surface area contributed by atoms with Gasteiger partial charge in [0, 0.05) is 23.5 Å². The number of carbonyl (C=O) groups is 1. The van der Waals surface area contributed by atoms with Gasteiger partial charge in [0.1, 0.15) is 17.6 Å². The molecule has 3 atom stereocenters. The standard InChI is InChI=1S/C29H25NO4/c1-16-4-3-5-21-23(16)12-24-17(14-30)6-8-22-27(13-25(21)29(22)24)34-19-7-9-20-18(10-28(31)32-2)15-33-26(20)11-19/h3-9,11,18,25,27H,10,12-13,15H2,1-2H3/t18-,25?,27-/m1/s1. The van der Waals surface area contributed by atoms with Gasteiger partial charge in [-0.25, -0.2) is 0 Å². The summed E-state index contributed by atoms with van der Waals surface area (Å²) >= 11 is 0. The van der Waals surface area contributed by atoms with Crippen LogP contribution in [0.3, 0.4) is 0 Å². The molecule has 1 heterocycles. The number of nitrogens with zero attached hydrogens (tertiary/aromatic N) is 1. The van der Waals surface area contributed by atoms with E-state index >= 15 is 0 Å². The largest absolute Gasteiger partial charge is 0.492 e. The molecule has 0 fully saturated rings. The fourth-order valence-corrected chi connectivity index (χ4v) is 5.94. The first-order valence-corrected chi connectivity index (χ1v) is 11.7. The summed E-state index contributed by atoms with van der Waals surface area (Å²) < 4.78 is 17.2. The van der Waals surface area contributed by atoms with E-state index in [1.54, 1.807) is 0 Å². The van der Waals surface area contributed by atoms with E-state index in [0.29, 0.717) is 13.0 Å². The van der Waals surface area contributed by atoms with Crippen LogP contribution in [0.15, 0.2) is 48.5 Å². The van der Waals surface area contributed by atoms with Crippen molar-refractivity contribution in [3.05, 3.63) is 93.0 Å². The van der Waals surface area contributed by atoms with Crippen molar-refractivity contribution in [1.29, 1.82) is 5.26 Å². The van der Waals surface area contributed by atoms with Gasteiger partial charge in [-0.05, 0) is 65.3 Å². The minimum absolute atomic E-state index is 0.00824. The van der Waals surface area contributed by atoms with Crippen LogP contribution in [0.1, 0.15) is 75.3 Å². The molecule has 6 rings (SSSR count). The fraction of sp³-hybridized carbons (Fsp3) is 0.310. The Labute approximate surface area is 198 Å². The van der Waals surface area contributed by atoms with E-state index in [1.807, 2.05) is 24.3 Å². The Bertz CT molecular complexity index is 1370. The summed E-state index contributed by atoms with van der Waals surface area (Å²) in [5, 5.41) is 9.77. The summed E-state index contributed by atoms with van der Waals surface area (Å²) in [5.41, 5.74) is 9.37. The number of hydrogen-bond acceptors (Lipinski definition) is 5. The van der Waals surface area contributed by atoms with Crippen molar-refractivity contribution in [3.63, 3.8) is 0 Å². The van der Waals surface area contributed by atoms with Gasteiger partial charge in [-0.2, -0.15) is 5.26 Å². The molecule has 3 aliphatic rings. The van der Waals surface area contributed by atoms with Crippen LogP contribution >= 0.6 is 0 Å². The van der Waals surface area contributed by atoms with E-state index in [2.05, 4.69) is 37.3 Å². The number of ether oxygens (including phenoxy) is 3. The lowest BCUT2D eigenvalue weighted by Gasteiger charge is -2.27. The first-order chi connectivity index (χ1) is 16.6. The number of hydrogen-bond donors (Lipinski definition) is 0. The summed E-state index contributed by atoms with van der Waals surface area (Å²) in [5.74, 6) is 1.54. The van der Waals surface area contributed by atoms with Crippen LogP contribution in [0.2, 0.25) is 0 Å². The number of benzene rings is 3. The summed E-state index contributed by atoms with van der Waals surface area (Å²) in [7, 11) is 1.41. The van der Waals surface area contributed by atoms with Crippen LogP contribution in [-0.4, -0.2) is 19.7 Å². The minimum Gasteiger partial charge on any atom is -0.492 e. The zero-order chi connectivity index (χ0) is 23.4. The molecule has 0 radical (unpaired) electrons. The highest BCUT2D eigenvalue weighted by Gasteiger charge is 2.40. The van der Waals surface area contributed by atoms with Gasteiger partial charge in [0.2, 0.25) is 0 Å². The lowest BCUT2D eigenvalue weighted by Crippen LogP contribution is -2.14. The maximum absolute atomic E-state index is 11.7. The molecule has 170 valence electrons. The molecule has 34 heavy (non-hydrogen) atoms. The van der Waals surface area contributed by atoms with Gasteiger partial charge in [-0.15, -0.1) is 0 Å². The molecule has 1 unspecified atom stereocenters. The van der Waals surface area contributed by atoms with E-state index in [1.165, 1.54) is 34.9 Å². The molecule has 0 aromatic heterocycles. The van der Waals surface area contributed by atoms with Crippen molar-refractivity contribution in [1.82, 2.24) is 0 Å². The van der Waals surface area contributed by atoms with Crippen LogP contribution in [0.25, 0.3) is 0 Å².